The van der Waals surface area contributed by atoms with Crippen LogP contribution in [0.4, 0.5) is 0 Å². The van der Waals surface area contributed by atoms with Crippen molar-refractivity contribution in [3.8, 4) is 0 Å². The number of fused-ring (bicyclic) bond motifs is 3. The monoisotopic (exact) mass is 425 g/mol. The van der Waals surface area contributed by atoms with Gasteiger partial charge in [0.2, 0.25) is 5.91 Å². The molecule has 6 nitrogen and oxygen atoms in total. The second-order valence-electron chi connectivity index (χ2n) is 10.6. The average Bonchev–Trinajstić information content (AvgIpc) is 3.33. The molecule has 2 amide bonds. The maximum absolute atomic E-state index is 13.8. The number of aromatic nitrogens is 1. The highest BCUT2D eigenvalue weighted by molar-refractivity contribution is 6.03. The normalized spacial score (nSPS) is 34.0. The van der Waals surface area contributed by atoms with Crippen molar-refractivity contribution >= 4 is 22.9 Å². The molecule has 0 bridgehead atoms. The van der Waals surface area contributed by atoms with Crippen molar-refractivity contribution in [1.82, 2.24) is 14.8 Å². The lowest BCUT2D eigenvalue weighted by atomic mass is 9.82. The molecule has 0 saturated heterocycles. The zero-order valence-electron chi connectivity index (χ0n) is 19.0. The van der Waals surface area contributed by atoms with Gasteiger partial charge >= 0.3 is 0 Å². The first-order valence-corrected chi connectivity index (χ1v) is 12.1. The first-order chi connectivity index (χ1) is 14.9. The molecule has 0 aromatic carbocycles. The van der Waals surface area contributed by atoms with Crippen LogP contribution in [0.5, 0.6) is 0 Å². The molecule has 31 heavy (non-hydrogen) atoms. The maximum Gasteiger partial charge on any atom is 0.271 e. The van der Waals surface area contributed by atoms with Crippen molar-refractivity contribution in [3.05, 3.63) is 24.1 Å². The number of nitrogens with one attached hydrogen (secondary N) is 1. The molecule has 0 unspecified atom stereocenters. The number of carbonyl (C=O) groups excluding carboxylic acids is 2. The van der Waals surface area contributed by atoms with Crippen LogP contribution in [-0.4, -0.2) is 38.9 Å². The van der Waals surface area contributed by atoms with Crippen molar-refractivity contribution in [2.24, 2.45) is 11.8 Å². The minimum atomic E-state index is -0.901. The Morgan fingerprint density at radius 3 is 2.39 bits per heavy atom. The van der Waals surface area contributed by atoms with Crippen LogP contribution in [0, 0.1) is 11.8 Å². The van der Waals surface area contributed by atoms with Crippen molar-refractivity contribution in [2.45, 2.75) is 96.3 Å². The van der Waals surface area contributed by atoms with Gasteiger partial charge in [-0.25, -0.2) is 0 Å². The molecular formula is C25H35N3O3. The van der Waals surface area contributed by atoms with Gasteiger partial charge in [0.15, 0.2) is 5.58 Å². The van der Waals surface area contributed by atoms with E-state index in [9.17, 15) is 9.59 Å². The number of nitrogens with zero attached hydrogens (tertiary/aromatic N) is 2. The fourth-order valence-corrected chi connectivity index (χ4v) is 6.05. The zero-order valence-corrected chi connectivity index (χ0v) is 19.0. The zero-order chi connectivity index (χ0) is 21.8. The van der Waals surface area contributed by atoms with Crippen LogP contribution < -0.4 is 5.32 Å². The fourth-order valence-electron chi connectivity index (χ4n) is 6.05. The number of hydrogen-bond acceptors (Lipinski definition) is 3. The lowest BCUT2D eigenvalue weighted by molar-refractivity contribution is -0.135. The third-order valence-electron chi connectivity index (χ3n) is 8.15. The first-order valence-electron chi connectivity index (χ1n) is 12.1. The van der Waals surface area contributed by atoms with E-state index < -0.39 is 5.54 Å². The topological polar surface area (TPSA) is 67.5 Å². The van der Waals surface area contributed by atoms with Crippen LogP contribution >= 0.6 is 0 Å². The molecule has 0 spiro atoms. The van der Waals surface area contributed by atoms with Crippen molar-refractivity contribution < 1.29 is 14.0 Å². The Morgan fingerprint density at radius 1 is 1.06 bits per heavy atom. The van der Waals surface area contributed by atoms with Gasteiger partial charge in [0.25, 0.3) is 5.91 Å². The highest BCUT2D eigenvalue weighted by atomic mass is 16.3. The summed E-state index contributed by atoms with van der Waals surface area (Å²) in [7, 11) is 0. The number of hydrogen-bond donors (Lipinski definition) is 1. The van der Waals surface area contributed by atoms with Gasteiger partial charge in [-0.2, -0.15) is 0 Å². The third-order valence-corrected chi connectivity index (χ3v) is 8.15. The minimum Gasteiger partial charge on any atom is -0.463 e. The van der Waals surface area contributed by atoms with Gasteiger partial charge in [-0.3, -0.25) is 9.59 Å². The number of furan rings is 1. The number of carbonyl (C=O) groups is 2. The summed E-state index contributed by atoms with van der Waals surface area (Å²) in [4.78, 5) is 29.5. The molecule has 2 fully saturated rings. The summed E-state index contributed by atoms with van der Waals surface area (Å²) < 4.78 is 7.57. The average molecular weight is 426 g/mol. The summed E-state index contributed by atoms with van der Waals surface area (Å²) in [6.07, 6.45) is 10.2. The SMILES string of the molecule is CC1CCC(NC(=O)[C@@]2(C)Cn3c(cc4occc43)C(=O)N2C2CCC(C)CC2)CC1. The van der Waals surface area contributed by atoms with E-state index in [1.54, 1.807) is 6.26 Å². The fraction of sp³-hybridized carbons (Fsp3) is 0.680. The van der Waals surface area contributed by atoms with Gasteiger partial charge in [-0.15, -0.1) is 0 Å². The van der Waals surface area contributed by atoms with E-state index in [1.165, 1.54) is 0 Å². The molecule has 0 radical (unpaired) electrons. The summed E-state index contributed by atoms with van der Waals surface area (Å²) >= 11 is 0. The molecule has 2 aromatic heterocycles. The Morgan fingerprint density at radius 2 is 1.71 bits per heavy atom. The standard InChI is InChI=1S/C25H35N3O3/c1-16-4-8-18(9-5-16)26-24(30)25(3)15-27-20-12-13-31-22(20)14-21(27)23(29)28(25)19-10-6-17(2)7-11-19/h12-14,16-19H,4-11,15H2,1-3H3,(H,26,30)/t16?,17?,18?,19?,25-/m1/s1. The Kier molecular flexibility index (Phi) is 5.14. The Bertz CT molecular complexity index is 975. The molecule has 5 rings (SSSR count). The first kappa shape index (κ1) is 20.7. The highest BCUT2D eigenvalue weighted by Crippen LogP contribution is 2.38. The molecule has 1 atom stereocenters. The molecule has 168 valence electrons. The van der Waals surface area contributed by atoms with E-state index in [1.807, 2.05) is 28.5 Å². The molecule has 2 saturated carbocycles. The van der Waals surface area contributed by atoms with Crippen LogP contribution in [-0.2, 0) is 11.3 Å². The van der Waals surface area contributed by atoms with E-state index in [4.69, 9.17) is 4.42 Å². The quantitative estimate of drug-likeness (QED) is 0.774. The van der Waals surface area contributed by atoms with Crippen molar-refractivity contribution in [2.75, 3.05) is 0 Å². The van der Waals surface area contributed by atoms with Gasteiger partial charge in [-0.05, 0) is 70.1 Å². The summed E-state index contributed by atoms with van der Waals surface area (Å²) in [5, 5.41) is 3.34. The smallest absolute Gasteiger partial charge is 0.271 e. The molecule has 3 heterocycles. The van der Waals surface area contributed by atoms with Gasteiger partial charge in [0.1, 0.15) is 11.2 Å². The van der Waals surface area contributed by atoms with Crippen LogP contribution in [0.25, 0.3) is 11.1 Å². The van der Waals surface area contributed by atoms with Crippen LogP contribution in [0.15, 0.2) is 22.8 Å². The highest BCUT2D eigenvalue weighted by Gasteiger charge is 2.51. The number of rotatable bonds is 3. The van der Waals surface area contributed by atoms with E-state index in [0.717, 1.165) is 62.8 Å². The number of amides is 2. The van der Waals surface area contributed by atoms with Gasteiger partial charge in [-0.1, -0.05) is 13.8 Å². The second kappa shape index (κ2) is 7.72. The third kappa shape index (κ3) is 3.48. The minimum absolute atomic E-state index is 0.00461. The van der Waals surface area contributed by atoms with Gasteiger partial charge in [0.05, 0.1) is 18.3 Å². The van der Waals surface area contributed by atoms with Gasteiger partial charge in [0, 0.05) is 24.2 Å². The van der Waals surface area contributed by atoms with E-state index in [0.29, 0.717) is 23.7 Å². The van der Waals surface area contributed by atoms with Crippen LogP contribution in [0.3, 0.4) is 0 Å². The largest absolute Gasteiger partial charge is 0.463 e. The molecule has 6 heteroatoms. The van der Waals surface area contributed by atoms with Crippen molar-refractivity contribution in [1.29, 1.82) is 0 Å². The Hall–Kier alpha value is -2.24. The molecule has 1 N–H and O–H groups in total. The second-order valence-corrected chi connectivity index (χ2v) is 10.6. The van der Waals surface area contributed by atoms with E-state index >= 15 is 0 Å². The summed E-state index contributed by atoms with van der Waals surface area (Å²) in [5.41, 5.74) is 1.35. The van der Waals surface area contributed by atoms with E-state index in [-0.39, 0.29) is 23.9 Å². The molecule has 1 aliphatic heterocycles. The predicted octanol–water partition coefficient (Wildman–Crippen LogP) is 4.72. The van der Waals surface area contributed by atoms with E-state index in [2.05, 4.69) is 19.2 Å². The Labute approximate surface area is 184 Å². The summed E-state index contributed by atoms with van der Waals surface area (Å²) in [5.74, 6) is 1.38. The molecular weight excluding hydrogens is 390 g/mol. The van der Waals surface area contributed by atoms with Gasteiger partial charge < -0.3 is 19.2 Å². The van der Waals surface area contributed by atoms with Crippen LogP contribution in [0.1, 0.15) is 82.6 Å². The van der Waals surface area contributed by atoms with Crippen molar-refractivity contribution in [3.63, 3.8) is 0 Å². The lowest BCUT2D eigenvalue weighted by Crippen LogP contribution is -2.67. The predicted molar refractivity (Wildman–Crippen MR) is 120 cm³/mol. The van der Waals surface area contributed by atoms with Crippen LogP contribution in [0.2, 0.25) is 0 Å². The lowest BCUT2D eigenvalue weighted by Gasteiger charge is -2.49. The molecule has 2 aliphatic carbocycles. The summed E-state index contributed by atoms with van der Waals surface area (Å²) in [6, 6.07) is 4.06. The molecule has 3 aliphatic rings. The Balaban J connectivity index is 1.49. The molecule has 2 aromatic rings. The summed E-state index contributed by atoms with van der Waals surface area (Å²) in [6.45, 7) is 7.01. The maximum atomic E-state index is 13.8.